The Morgan fingerprint density at radius 1 is 1.12 bits per heavy atom. The molecule has 1 aromatic rings. The second-order valence-corrected chi connectivity index (χ2v) is 9.76. The lowest BCUT2D eigenvalue weighted by molar-refractivity contribution is -0.131. The maximum atomic E-state index is 14.6. The van der Waals surface area contributed by atoms with Crippen LogP contribution in [0, 0.1) is 5.82 Å². The highest BCUT2D eigenvalue weighted by Crippen LogP contribution is 2.40. The van der Waals surface area contributed by atoms with Crippen molar-refractivity contribution in [2.45, 2.75) is 56.1 Å². The third-order valence-electron chi connectivity index (χ3n) is 6.02. The Morgan fingerprint density at radius 3 is 2.55 bits per heavy atom. The predicted molar refractivity (Wildman–Crippen MR) is 109 cm³/mol. The zero-order chi connectivity index (χ0) is 23.8. The van der Waals surface area contributed by atoms with Crippen LogP contribution in [0.15, 0.2) is 34.6 Å². The van der Waals surface area contributed by atoms with Crippen molar-refractivity contribution in [3.8, 4) is 5.75 Å². The van der Waals surface area contributed by atoms with E-state index in [4.69, 9.17) is 9.47 Å². The highest BCUT2D eigenvalue weighted by molar-refractivity contribution is 7.91. The van der Waals surface area contributed by atoms with Crippen molar-refractivity contribution in [1.29, 1.82) is 0 Å². The number of fused-ring (bicyclic) bond motifs is 5. The molecule has 0 aromatic heterocycles. The molecule has 5 rings (SSSR count). The minimum absolute atomic E-state index is 0.0735. The summed E-state index contributed by atoms with van der Waals surface area (Å²) >= 11 is 0. The number of alkyl halides is 3. The van der Waals surface area contributed by atoms with Crippen LogP contribution in [-0.2, 0) is 19.6 Å². The van der Waals surface area contributed by atoms with Crippen LogP contribution in [-0.4, -0.2) is 49.7 Å². The average Bonchev–Trinajstić information content (AvgIpc) is 2.77. The molecular weight excluding hydrogens is 468 g/mol. The van der Waals surface area contributed by atoms with E-state index in [-0.39, 0.29) is 42.9 Å². The molecule has 0 unspecified atom stereocenters. The number of hydrogen-bond acceptors (Lipinski definition) is 5. The third kappa shape index (κ3) is 4.85. The summed E-state index contributed by atoms with van der Waals surface area (Å²) in [5, 5.41) is 0. The molecule has 1 aliphatic carbocycles. The zero-order valence-corrected chi connectivity index (χ0v) is 18.3. The maximum absolute atomic E-state index is 14.6. The molecule has 33 heavy (non-hydrogen) atoms. The van der Waals surface area contributed by atoms with Gasteiger partial charge in [-0.25, -0.2) is 4.39 Å². The van der Waals surface area contributed by atoms with Crippen molar-refractivity contribution in [3.63, 3.8) is 0 Å². The molecule has 1 aromatic carbocycles. The Balaban J connectivity index is 1.73. The molecule has 2 bridgehead atoms. The summed E-state index contributed by atoms with van der Waals surface area (Å²) in [5.74, 6) is -0.949. The average molecular weight is 490 g/mol. The molecule has 3 aliphatic heterocycles. The standard InChI is InChI=1S/C21H22F4N2O5S/c22-15-3-1-5-18-20(15)13-6-8-14(9-7-13)31-11-17-16(26-33(29,30)21(23,24)25)4-2-10-27(17)19(28)12-32-18/h1,3,5,11,13-14H,2,4,6-10,12H2/b17-11-,26-16+. The Hall–Kier alpha value is -2.63. The Labute approximate surface area is 188 Å². The molecule has 4 aliphatic rings. The van der Waals surface area contributed by atoms with Gasteiger partial charge in [-0.15, -0.1) is 0 Å². The first-order valence-electron chi connectivity index (χ1n) is 10.5. The molecule has 12 heteroatoms. The molecule has 7 nitrogen and oxygen atoms in total. The number of nitrogens with zero attached hydrogens (tertiary/aromatic N) is 2. The van der Waals surface area contributed by atoms with E-state index in [2.05, 4.69) is 4.40 Å². The maximum Gasteiger partial charge on any atom is 0.518 e. The fourth-order valence-corrected chi connectivity index (χ4v) is 4.97. The number of piperidine rings is 1. The van der Waals surface area contributed by atoms with E-state index in [1.807, 2.05) is 0 Å². The molecule has 1 saturated carbocycles. The lowest BCUT2D eigenvalue weighted by Gasteiger charge is -2.31. The van der Waals surface area contributed by atoms with E-state index >= 15 is 0 Å². The monoisotopic (exact) mass is 490 g/mol. The van der Waals surface area contributed by atoms with Gasteiger partial charge in [0.15, 0.2) is 6.61 Å². The van der Waals surface area contributed by atoms with Gasteiger partial charge in [0.1, 0.15) is 23.5 Å². The van der Waals surface area contributed by atoms with Crippen LogP contribution in [0.3, 0.4) is 0 Å². The van der Waals surface area contributed by atoms with Gasteiger partial charge in [-0.2, -0.15) is 26.0 Å². The fraction of sp³-hybridized carbons (Fsp3) is 0.524. The summed E-state index contributed by atoms with van der Waals surface area (Å²) < 4.78 is 91.1. The van der Waals surface area contributed by atoms with Gasteiger partial charge in [0.25, 0.3) is 5.91 Å². The van der Waals surface area contributed by atoms with Gasteiger partial charge in [-0.1, -0.05) is 6.07 Å². The molecule has 2 fully saturated rings. The lowest BCUT2D eigenvalue weighted by atomic mass is 9.82. The van der Waals surface area contributed by atoms with Crippen LogP contribution in [0.5, 0.6) is 5.75 Å². The summed E-state index contributed by atoms with van der Waals surface area (Å²) in [6, 6.07) is 4.38. The first kappa shape index (κ1) is 23.5. The number of amides is 1. The number of hydrogen-bond donors (Lipinski definition) is 0. The van der Waals surface area contributed by atoms with Crippen LogP contribution in [0.4, 0.5) is 17.6 Å². The summed E-state index contributed by atoms with van der Waals surface area (Å²) in [5.41, 5.74) is -5.70. The van der Waals surface area contributed by atoms with Crippen molar-refractivity contribution >= 4 is 21.6 Å². The topological polar surface area (TPSA) is 85.3 Å². The molecule has 0 atom stereocenters. The van der Waals surface area contributed by atoms with E-state index in [1.54, 1.807) is 6.07 Å². The molecule has 180 valence electrons. The van der Waals surface area contributed by atoms with Crippen LogP contribution in [0.1, 0.15) is 50.0 Å². The van der Waals surface area contributed by atoms with Crippen LogP contribution >= 0.6 is 0 Å². The van der Waals surface area contributed by atoms with Crippen LogP contribution in [0.2, 0.25) is 0 Å². The number of allylic oxidation sites excluding steroid dienone is 1. The lowest BCUT2D eigenvalue weighted by Crippen LogP contribution is -2.41. The predicted octanol–water partition coefficient (Wildman–Crippen LogP) is 4.02. The number of halogens is 4. The first-order valence-corrected chi connectivity index (χ1v) is 12.0. The summed E-state index contributed by atoms with van der Waals surface area (Å²) in [6.07, 6.45) is 3.20. The molecule has 1 amide bonds. The van der Waals surface area contributed by atoms with Gasteiger partial charge in [0.2, 0.25) is 0 Å². The number of carbonyl (C=O) groups is 1. The van der Waals surface area contributed by atoms with Crippen molar-refractivity contribution in [2.24, 2.45) is 4.40 Å². The highest BCUT2D eigenvalue weighted by atomic mass is 32.2. The number of rotatable bonds is 1. The van der Waals surface area contributed by atoms with E-state index in [0.29, 0.717) is 31.2 Å². The second-order valence-electron chi connectivity index (χ2n) is 8.16. The highest BCUT2D eigenvalue weighted by Gasteiger charge is 2.47. The summed E-state index contributed by atoms with van der Waals surface area (Å²) in [4.78, 5) is 14.0. The third-order valence-corrected chi connectivity index (χ3v) is 7.07. The fourth-order valence-electron chi connectivity index (χ4n) is 4.39. The van der Waals surface area contributed by atoms with Crippen molar-refractivity contribution in [1.82, 2.24) is 4.90 Å². The summed E-state index contributed by atoms with van der Waals surface area (Å²) in [6.45, 7) is -0.394. The van der Waals surface area contributed by atoms with Gasteiger partial charge >= 0.3 is 15.5 Å². The minimum atomic E-state index is -5.80. The van der Waals surface area contributed by atoms with E-state index in [9.17, 15) is 30.8 Å². The first-order chi connectivity index (χ1) is 15.6. The number of ether oxygens (including phenoxy) is 2. The zero-order valence-electron chi connectivity index (χ0n) is 17.5. The van der Waals surface area contributed by atoms with Crippen LogP contribution < -0.4 is 4.74 Å². The van der Waals surface area contributed by atoms with E-state index < -0.39 is 39.6 Å². The molecule has 3 heterocycles. The SMILES string of the molecule is O=C1COc2cccc(F)c2C2CCC(CC2)O/C=C2/C(=N/S(=O)(=O)C(F)(F)F)CCCN12. The van der Waals surface area contributed by atoms with Gasteiger partial charge < -0.3 is 14.4 Å². The summed E-state index contributed by atoms with van der Waals surface area (Å²) in [7, 11) is -5.80. The largest absolute Gasteiger partial charge is 0.518 e. The van der Waals surface area contributed by atoms with Gasteiger partial charge in [0.05, 0.1) is 11.8 Å². The Kier molecular flexibility index (Phi) is 6.39. The van der Waals surface area contributed by atoms with E-state index in [1.165, 1.54) is 12.1 Å². The van der Waals surface area contributed by atoms with Crippen molar-refractivity contribution in [3.05, 3.63) is 41.5 Å². The molecule has 0 radical (unpaired) electrons. The minimum Gasteiger partial charge on any atom is -0.496 e. The van der Waals surface area contributed by atoms with Crippen molar-refractivity contribution < 1.29 is 40.2 Å². The van der Waals surface area contributed by atoms with Crippen molar-refractivity contribution in [2.75, 3.05) is 13.2 Å². The number of sulfonamides is 1. The molecule has 0 spiro atoms. The Morgan fingerprint density at radius 2 is 1.85 bits per heavy atom. The van der Waals surface area contributed by atoms with Gasteiger partial charge in [-0.3, -0.25) is 4.79 Å². The van der Waals surface area contributed by atoms with Gasteiger partial charge in [0, 0.05) is 12.1 Å². The Bertz CT molecular complexity index is 1090. The molecule has 0 N–H and O–H groups in total. The van der Waals surface area contributed by atoms with Gasteiger partial charge in [-0.05, 0) is 56.6 Å². The smallest absolute Gasteiger partial charge is 0.496 e. The number of carbonyl (C=O) groups excluding carboxylic acids is 1. The normalized spacial score (nSPS) is 27.2. The quantitative estimate of drug-likeness (QED) is 0.556. The number of benzene rings is 1. The van der Waals surface area contributed by atoms with Crippen LogP contribution in [0.25, 0.3) is 0 Å². The molecule has 1 saturated heterocycles. The van der Waals surface area contributed by atoms with E-state index in [0.717, 1.165) is 11.2 Å². The molecular formula is C21H22F4N2O5S. The second kappa shape index (κ2) is 8.96.